The van der Waals surface area contributed by atoms with Crippen molar-refractivity contribution >= 4 is 21.4 Å². The molecule has 7 heteroatoms. The Morgan fingerprint density at radius 2 is 2.13 bits per heavy atom. The molecule has 1 aromatic heterocycles. The molecule has 0 amide bonds. The van der Waals surface area contributed by atoms with Gasteiger partial charge < -0.3 is 0 Å². The van der Waals surface area contributed by atoms with Crippen molar-refractivity contribution in [1.82, 2.24) is 9.97 Å². The van der Waals surface area contributed by atoms with Crippen LogP contribution in [0.2, 0.25) is 0 Å². The number of nitriles is 1. The predicted octanol–water partition coefficient (Wildman–Crippen LogP) is 0.749. The largest absolute Gasteiger partial charge is 0.241 e. The molecule has 0 aliphatic rings. The van der Waals surface area contributed by atoms with Crippen LogP contribution < -0.4 is 0 Å². The van der Waals surface area contributed by atoms with Gasteiger partial charge in [-0.05, 0) is 6.92 Å². The van der Waals surface area contributed by atoms with E-state index in [4.69, 9.17) is 16.9 Å². The molecule has 0 aliphatic heterocycles. The summed E-state index contributed by atoms with van der Waals surface area (Å²) in [5, 5.41) is 7.59. The van der Waals surface area contributed by atoms with Crippen LogP contribution >= 0.6 is 11.6 Å². The molecule has 0 aromatic carbocycles. The average molecular weight is 246 g/mol. The number of nitrogens with zero attached hydrogens (tertiary/aromatic N) is 3. The zero-order valence-electron chi connectivity index (χ0n) is 7.88. The minimum atomic E-state index is -3.66. The van der Waals surface area contributed by atoms with E-state index in [1.54, 1.807) is 6.07 Å². The zero-order chi connectivity index (χ0) is 11.5. The lowest BCUT2D eigenvalue weighted by molar-refractivity contribution is 0.583. The number of hydrogen-bond donors (Lipinski definition) is 0. The maximum absolute atomic E-state index is 11.8. The van der Waals surface area contributed by atoms with Crippen LogP contribution in [0.25, 0.3) is 0 Å². The van der Waals surface area contributed by atoms with Crippen LogP contribution in [-0.2, 0) is 9.84 Å². The predicted molar refractivity (Wildman–Crippen MR) is 54.1 cm³/mol. The molecule has 1 heterocycles. The fourth-order valence-corrected chi connectivity index (χ4v) is 2.50. The van der Waals surface area contributed by atoms with E-state index >= 15 is 0 Å². The number of sulfone groups is 1. The van der Waals surface area contributed by atoms with E-state index in [-0.39, 0.29) is 16.6 Å². The van der Waals surface area contributed by atoms with Crippen molar-refractivity contribution in [2.45, 2.75) is 17.2 Å². The molecule has 1 atom stereocenters. The van der Waals surface area contributed by atoms with Gasteiger partial charge in [-0.1, -0.05) is 0 Å². The lowest BCUT2D eigenvalue weighted by Gasteiger charge is -2.08. The van der Waals surface area contributed by atoms with Gasteiger partial charge in [0.2, 0.25) is 9.84 Å². The summed E-state index contributed by atoms with van der Waals surface area (Å²) in [5.41, 5.74) is -0.200. The van der Waals surface area contributed by atoms with Gasteiger partial charge in [-0.2, -0.15) is 5.26 Å². The Balaban J connectivity index is 3.35. The normalized spacial score (nSPS) is 13.1. The topological polar surface area (TPSA) is 83.7 Å². The van der Waals surface area contributed by atoms with Crippen molar-refractivity contribution < 1.29 is 8.42 Å². The van der Waals surface area contributed by atoms with Crippen LogP contribution in [-0.4, -0.2) is 29.5 Å². The van der Waals surface area contributed by atoms with Crippen molar-refractivity contribution in [3.63, 3.8) is 0 Å². The summed E-state index contributed by atoms with van der Waals surface area (Å²) >= 11 is 5.47. The van der Waals surface area contributed by atoms with E-state index in [9.17, 15) is 8.42 Å². The molecule has 0 aliphatic carbocycles. The van der Waals surface area contributed by atoms with E-state index in [2.05, 4.69) is 9.97 Å². The first-order valence-corrected chi connectivity index (χ1v) is 6.13. The average Bonchev–Trinajstić information content (AvgIpc) is 2.27. The van der Waals surface area contributed by atoms with Gasteiger partial charge in [0.05, 0.1) is 5.25 Å². The first-order chi connectivity index (χ1) is 7.04. The Labute approximate surface area is 92.7 Å². The van der Waals surface area contributed by atoms with Gasteiger partial charge in [0.15, 0.2) is 10.7 Å². The highest BCUT2D eigenvalue weighted by Gasteiger charge is 2.27. The maximum Gasteiger partial charge on any atom is 0.202 e. The molecular weight excluding hydrogens is 238 g/mol. The van der Waals surface area contributed by atoms with Crippen molar-refractivity contribution in [2.24, 2.45) is 0 Å². The zero-order valence-corrected chi connectivity index (χ0v) is 9.46. The van der Waals surface area contributed by atoms with Gasteiger partial charge in [-0.25, -0.2) is 18.4 Å². The SMILES string of the molecule is CC(CCl)S(=O)(=O)c1nccnc1C#N. The number of aromatic nitrogens is 2. The van der Waals surface area contributed by atoms with Gasteiger partial charge in [-0.3, -0.25) is 0 Å². The summed E-state index contributed by atoms with van der Waals surface area (Å²) in [7, 11) is -3.66. The Kier molecular flexibility index (Phi) is 3.61. The molecule has 1 rings (SSSR count). The Hall–Kier alpha value is -1.19. The second-order valence-electron chi connectivity index (χ2n) is 2.83. The molecule has 0 spiro atoms. The standard InChI is InChI=1S/C8H8ClN3O2S/c1-6(4-9)15(13,14)8-7(5-10)11-2-3-12-8/h2-3,6H,4H2,1H3. The molecule has 0 fully saturated rings. The molecule has 5 nitrogen and oxygen atoms in total. The monoisotopic (exact) mass is 245 g/mol. The van der Waals surface area contributed by atoms with Gasteiger partial charge in [-0.15, -0.1) is 11.6 Å². The first kappa shape index (κ1) is 11.9. The van der Waals surface area contributed by atoms with Crippen molar-refractivity contribution in [1.29, 1.82) is 5.26 Å². The lowest BCUT2D eigenvalue weighted by atomic mass is 10.5. The summed E-state index contributed by atoms with van der Waals surface area (Å²) in [6.07, 6.45) is 2.50. The number of alkyl halides is 1. The molecule has 1 aromatic rings. The second kappa shape index (κ2) is 4.55. The summed E-state index contributed by atoms with van der Waals surface area (Å²) in [4.78, 5) is 7.29. The third-order valence-corrected chi connectivity index (χ3v) is 4.50. The fourth-order valence-electron chi connectivity index (χ4n) is 0.884. The minimum Gasteiger partial charge on any atom is -0.241 e. The van der Waals surface area contributed by atoms with Crippen molar-refractivity contribution in [3.8, 4) is 6.07 Å². The van der Waals surface area contributed by atoms with E-state index in [0.717, 1.165) is 0 Å². The van der Waals surface area contributed by atoms with Gasteiger partial charge in [0, 0.05) is 18.3 Å². The Bertz CT molecular complexity index is 495. The highest BCUT2D eigenvalue weighted by Crippen LogP contribution is 2.16. The Morgan fingerprint density at radius 3 is 2.67 bits per heavy atom. The fraction of sp³-hybridized carbons (Fsp3) is 0.375. The molecule has 0 radical (unpaired) electrons. The third kappa shape index (κ3) is 2.25. The van der Waals surface area contributed by atoms with E-state index < -0.39 is 15.1 Å². The van der Waals surface area contributed by atoms with Crippen LogP contribution in [0.15, 0.2) is 17.4 Å². The van der Waals surface area contributed by atoms with Crippen LogP contribution in [0.5, 0.6) is 0 Å². The van der Waals surface area contributed by atoms with Gasteiger partial charge >= 0.3 is 0 Å². The molecule has 80 valence electrons. The Morgan fingerprint density at radius 1 is 1.53 bits per heavy atom. The minimum absolute atomic E-state index is 0.0518. The van der Waals surface area contributed by atoms with Crippen molar-refractivity contribution in [2.75, 3.05) is 5.88 Å². The number of hydrogen-bond acceptors (Lipinski definition) is 5. The lowest BCUT2D eigenvalue weighted by Crippen LogP contribution is -2.22. The smallest absolute Gasteiger partial charge is 0.202 e. The van der Waals surface area contributed by atoms with Crippen LogP contribution in [0.1, 0.15) is 12.6 Å². The summed E-state index contributed by atoms with van der Waals surface area (Å²) in [6, 6.07) is 1.68. The molecule has 0 bridgehead atoms. The molecule has 0 saturated heterocycles. The second-order valence-corrected chi connectivity index (χ2v) is 5.42. The summed E-state index contributed by atoms with van der Waals surface area (Å²) in [6.45, 7) is 1.46. The van der Waals surface area contributed by atoms with Gasteiger partial charge in [0.25, 0.3) is 0 Å². The first-order valence-electron chi connectivity index (χ1n) is 4.05. The highest BCUT2D eigenvalue weighted by atomic mass is 35.5. The molecular formula is C8H8ClN3O2S. The van der Waals surface area contributed by atoms with E-state index in [1.807, 2.05) is 0 Å². The highest BCUT2D eigenvalue weighted by molar-refractivity contribution is 7.92. The van der Waals surface area contributed by atoms with Crippen molar-refractivity contribution in [3.05, 3.63) is 18.1 Å². The molecule has 15 heavy (non-hydrogen) atoms. The van der Waals surface area contributed by atoms with E-state index in [0.29, 0.717) is 0 Å². The molecule has 0 N–H and O–H groups in total. The van der Waals surface area contributed by atoms with Crippen LogP contribution in [0.4, 0.5) is 0 Å². The summed E-state index contributed by atoms with van der Waals surface area (Å²) < 4.78 is 23.6. The van der Waals surface area contributed by atoms with Crippen LogP contribution in [0, 0.1) is 11.3 Å². The third-order valence-electron chi connectivity index (χ3n) is 1.79. The molecule has 1 unspecified atom stereocenters. The molecule has 0 saturated carbocycles. The number of rotatable bonds is 3. The quantitative estimate of drug-likeness (QED) is 0.734. The van der Waals surface area contributed by atoms with Gasteiger partial charge in [0.1, 0.15) is 6.07 Å². The number of halogens is 1. The van der Waals surface area contributed by atoms with Crippen LogP contribution in [0.3, 0.4) is 0 Å². The summed E-state index contributed by atoms with van der Waals surface area (Å²) in [5.74, 6) is -0.0518. The van der Waals surface area contributed by atoms with E-state index in [1.165, 1.54) is 19.3 Å². The maximum atomic E-state index is 11.8.